The highest BCUT2D eigenvalue weighted by molar-refractivity contribution is 6.16. The van der Waals surface area contributed by atoms with Crippen molar-refractivity contribution >= 4 is 10.2 Å². The summed E-state index contributed by atoms with van der Waals surface area (Å²) < 4.78 is 0. The first-order valence-corrected chi connectivity index (χ1v) is 4.68. The van der Waals surface area contributed by atoms with E-state index in [1.807, 2.05) is 0 Å². The minimum absolute atomic E-state index is 1.23. The van der Waals surface area contributed by atoms with Crippen molar-refractivity contribution in [2.24, 2.45) is 0 Å². The van der Waals surface area contributed by atoms with Gasteiger partial charge in [-0.1, -0.05) is 25.8 Å². The summed E-state index contributed by atoms with van der Waals surface area (Å²) in [6.07, 6.45) is 7.72. The molecule has 0 aromatic rings. The van der Waals surface area contributed by atoms with E-state index in [9.17, 15) is 0 Å². The quantitative estimate of drug-likeness (QED) is 0.397. The topological polar surface area (TPSA) is 0 Å². The second kappa shape index (κ2) is 6.96. The first kappa shape index (κ1) is 7.96. The lowest BCUT2D eigenvalue weighted by Crippen LogP contribution is -1.69. The van der Waals surface area contributed by atoms with E-state index in [-0.39, 0.29) is 0 Å². The van der Waals surface area contributed by atoms with Crippen LogP contribution in [0.25, 0.3) is 0 Å². The van der Waals surface area contributed by atoms with E-state index in [4.69, 9.17) is 0 Å². The van der Waals surface area contributed by atoms with Gasteiger partial charge < -0.3 is 0 Å². The Morgan fingerprint density at radius 3 is 2.62 bits per heavy atom. The van der Waals surface area contributed by atoms with Gasteiger partial charge in [-0.05, 0) is 12.8 Å². The molecule has 8 heavy (non-hydrogen) atoms. The second-order valence-corrected chi connectivity index (χ2v) is 2.73. The zero-order chi connectivity index (χ0) is 6.24. The standard InChI is InChI=1S/C7H16Si/c1-2-3-4-5-6-7-8/h6-7H,2-5H2,1,8H3. The molecule has 0 aliphatic heterocycles. The van der Waals surface area contributed by atoms with Crippen LogP contribution >= 0.6 is 0 Å². The molecule has 1 heteroatoms. The van der Waals surface area contributed by atoms with E-state index in [2.05, 4.69) is 18.7 Å². The summed E-state index contributed by atoms with van der Waals surface area (Å²) in [5.74, 6) is 0. The minimum Gasteiger partial charge on any atom is -0.109 e. The molecular weight excluding hydrogens is 112 g/mol. The maximum Gasteiger partial charge on any atom is 0.0287 e. The van der Waals surface area contributed by atoms with Crippen LogP contribution < -0.4 is 0 Å². The highest BCUT2D eigenvalue weighted by atomic mass is 28.1. The molecule has 0 rings (SSSR count). The van der Waals surface area contributed by atoms with Gasteiger partial charge >= 0.3 is 0 Å². The van der Waals surface area contributed by atoms with Crippen LogP contribution in [0.1, 0.15) is 32.6 Å². The van der Waals surface area contributed by atoms with Gasteiger partial charge in [-0.25, -0.2) is 0 Å². The van der Waals surface area contributed by atoms with E-state index >= 15 is 0 Å². The average molecular weight is 128 g/mol. The van der Waals surface area contributed by atoms with Crippen LogP contribution in [0.3, 0.4) is 0 Å². The van der Waals surface area contributed by atoms with E-state index in [0.29, 0.717) is 0 Å². The lowest BCUT2D eigenvalue weighted by molar-refractivity contribution is 0.729. The van der Waals surface area contributed by atoms with Crippen molar-refractivity contribution in [1.29, 1.82) is 0 Å². The molecule has 0 unspecified atom stereocenters. The van der Waals surface area contributed by atoms with Crippen molar-refractivity contribution in [3.63, 3.8) is 0 Å². The molecule has 0 aromatic carbocycles. The maximum atomic E-state index is 2.29. The highest BCUT2D eigenvalue weighted by Gasteiger charge is 1.78. The zero-order valence-corrected chi connectivity index (χ0v) is 7.98. The Bertz CT molecular complexity index is 57.4. The van der Waals surface area contributed by atoms with Crippen LogP contribution in [0, 0.1) is 0 Å². The van der Waals surface area contributed by atoms with Crippen molar-refractivity contribution < 1.29 is 0 Å². The Morgan fingerprint density at radius 2 is 2.12 bits per heavy atom. The average Bonchev–Trinajstić information content (AvgIpc) is 1.81. The van der Waals surface area contributed by atoms with Crippen molar-refractivity contribution in [3.8, 4) is 0 Å². The summed E-state index contributed by atoms with van der Waals surface area (Å²) >= 11 is 0. The molecule has 0 radical (unpaired) electrons. The molecule has 0 fully saturated rings. The number of rotatable bonds is 4. The highest BCUT2D eigenvalue weighted by Crippen LogP contribution is 1.98. The maximum absolute atomic E-state index is 2.29. The largest absolute Gasteiger partial charge is 0.109 e. The van der Waals surface area contributed by atoms with Gasteiger partial charge in [0.05, 0.1) is 0 Å². The molecule has 0 N–H and O–H groups in total. The smallest absolute Gasteiger partial charge is 0.0287 e. The molecule has 0 heterocycles. The predicted molar refractivity (Wildman–Crippen MR) is 43.2 cm³/mol. The number of unbranched alkanes of at least 4 members (excludes halogenated alkanes) is 3. The Morgan fingerprint density at radius 1 is 1.38 bits per heavy atom. The van der Waals surface area contributed by atoms with Gasteiger partial charge in [-0.2, -0.15) is 0 Å². The Labute approximate surface area is 55.4 Å². The lowest BCUT2D eigenvalue weighted by atomic mass is 10.2. The fourth-order valence-corrected chi connectivity index (χ4v) is 1.01. The number of allylic oxidation sites excluding steroid dienone is 1. The van der Waals surface area contributed by atoms with Crippen molar-refractivity contribution in [2.45, 2.75) is 32.6 Å². The molecule has 0 aromatic heterocycles. The van der Waals surface area contributed by atoms with Crippen LogP contribution in [-0.2, 0) is 0 Å². The van der Waals surface area contributed by atoms with Crippen LogP contribution in [0.15, 0.2) is 11.8 Å². The van der Waals surface area contributed by atoms with Gasteiger partial charge in [0.25, 0.3) is 0 Å². The molecule has 0 atom stereocenters. The van der Waals surface area contributed by atoms with Crippen molar-refractivity contribution in [3.05, 3.63) is 11.8 Å². The van der Waals surface area contributed by atoms with E-state index in [0.717, 1.165) is 0 Å². The van der Waals surface area contributed by atoms with Crippen LogP contribution in [0.2, 0.25) is 0 Å². The third kappa shape index (κ3) is 5.96. The Kier molecular flexibility index (Phi) is 6.92. The molecule has 0 saturated heterocycles. The molecule has 0 bridgehead atoms. The van der Waals surface area contributed by atoms with Crippen LogP contribution in [-0.4, -0.2) is 10.2 Å². The van der Waals surface area contributed by atoms with Crippen molar-refractivity contribution in [1.82, 2.24) is 0 Å². The summed E-state index contributed by atoms with van der Waals surface area (Å²) in [5, 5.41) is 0. The summed E-state index contributed by atoms with van der Waals surface area (Å²) in [5.41, 5.74) is 2.26. The second-order valence-electron chi connectivity index (χ2n) is 2.06. The number of hydrogen-bond acceptors (Lipinski definition) is 0. The minimum atomic E-state index is 1.23. The zero-order valence-electron chi connectivity index (χ0n) is 5.98. The number of hydrogen-bond donors (Lipinski definition) is 0. The van der Waals surface area contributed by atoms with Crippen LogP contribution in [0.5, 0.6) is 0 Å². The predicted octanol–water partition coefficient (Wildman–Crippen LogP) is 1.45. The monoisotopic (exact) mass is 128 g/mol. The molecule has 0 nitrogen and oxygen atoms in total. The molecule has 0 saturated carbocycles. The van der Waals surface area contributed by atoms with Gasteiger partial charge in [0, 0.05) is 10.2 Å². The summed E-state index contributed by atoms with van der Waals surface area (Å²) in [6, 6.07) is 0. The Balaban J connectivity index is 2.72. The molecular formula is C7H16Si. The van der Waals surface area contributed by atoms with Gasteiger partial charge in [-0.15, -0.1) is 5.70 Å². The SMILES string of the molecule is CCCCCC=C[SiH3]. The first-order valence-electron chi connectivity index (χ1n) is 3.53. The fourth-order valence-electron chi connectivity index (χ4n) is 0.679. The molecule has 0 spiro atoms. The third-order valence-corrected chi connectivity index (χ3v) is 1.68. The fraction of sp³-hybridized carbons (Fsp3) is 0.714. The van der Waals surface area contributed by atoms with Crippen molar-refractivity contribution in [2.75, 3.05) is 0 Å². The summed E-state index contributed by atoms with van der Waals surface area (Å²) in [4.78, 5) is 0. The summed E-state index contributed by atoms with van der Waals surface area (Å²) in [7, 11) is 1.23. The molecule has 0 aliphatic carbocycles. The van der Waals surface area contributed by atoms with Gasteiger partial charge in [0.15, 0.2) is 0 Å². The normalized spacial score (nSPS) is 11.1. The van der Waals surface area contributed by atoms with E-state index in [1.54, 1.807) is 0 Å². The third-order valence-electron chi connectivity index (χ3n) is 1.21. The van der Waals surface area contributed by atoms with Gasteiger partial charge in [0.2, 0.25) is 0 Å². The first-order chi connectivity index (χ1) is 3.91. The summed E-state index contributed by atoms with van der Waals surface area (Å²) in [6.45, 7) is 2.24. The Hall–Kier alpha value is -0.0431. The van der Waals surface area contributed by atoms with Gasteiger partial charge in [-0.3, -0.25) is 0 Å². The lowest BCUT2D eigenvalue weighted by Gasteiger charge is -1.88. The molecule has 0 amide bonds. The molecule has 48 valence electrons. The van der Waals surface area contributed by atoms with E-state index in [1.165, 1.54) is 35.9 Å². The van der Waals surface area contributed by atoms with E-state index < -0.39 is 0 Å². The van der Waals surface area contributed by atoms with Crippen LogP contribution in [0.4, 0.5) is 0 Å². The van der Waals surface area contributed by atoms with Gasteiger partial charge in [0.1, 0.15) is 0 Å². The molecule has 0 aliphatic rings.